The van der Waals surface area contributed by atoms with Crippen LogP contribution in [0.4, 0.5) is 4.79 Å². The molecule has 0 aliphatic carbocycles. The first-order chi connectivity index (χ1) is 10.3. The van der Waals surface area contributed by atoms with Crippen LogP contribution in [0.5, 0.6) is 0 Å². The van der Waals surface area contributed by atoms with E-state index in [2.05, 4.69) is 15.3 Å². The highest BCUT2D eigenvalue weighted by Gasteiger charge is 2.21. The Morgan fingerprint density at radius 1 is 1.27 bits per heavy atom. The smallest absolute Gasteiger partial charge is 0.407 e. The second kappa shape index (κ2) is 5.79. The average molecular weight is 309 g/mol. The summed E-state index contributed by atoms with van der Waals surface area (Å²) in [6.45, 7) is 0.329. The third-order valence-corrected chi connectivity index (χ3v) is 3.15. The minimum Gasteiger partial charge on any atom is -0.465 e. The molecule has 0 atom stereocenters. The van der Waals surface area contributed by atoms with Crippen molar-refractivity contribution in [2.45, 2.75) is 0 Å². The largest absolute Gasteiger partial charge is 0.465 e. The van der Waals surface area contributed by atoms with Crippen LogP contribution in [0.1, 0.15) is 10.5 Å². The zero-order valence-corrected chi connectivity index (χ0v) is 12.3. The Morgan fingerprint density at radius 2 is 1.91 bits per heavy atom. The van der Waals surface area contributed by atoms with Gasteiger partial charge >= 0.3 is 11.8 Å². The van der Waals surface area contributed by atoms with Crippen molar-refractivity contribution in [2.75, 3.05) is 27.2 Å². The quantitative estimate of drug-likeness (QED) is 0.728. The van der Waals surface area contributed by atoms with Crippen molar-refractivity contribution >= 4 is 17.6 Å². The van der Waals surface area contributed by atoms with Crippen LogP contribution in [-0.2, 0) is 7.05 Å². The Labute approximate surface area is 124 Å². The molecule has 0 saturated heterocycles. The molecule has 2 aromatic heterocycles. The molecule has 0 aliphatic heterocycles. The number of imidazole rings is 1. The molecule has 11 nitrogen and oxygen atoms in total. The minimum atomic E-state index is -1.08. The summed E-state index contributed by atoms with van der Waals surface area (Å²) in [4.78, 5) is 41.1. The first-order valence-corrected chi connectivity index (χ1v) is 6.29. The van der Waals surface area contributed by atoms with Gasteiger partial charge < -0.3 is 14.9 Å². The molecule has 2 rings (SSSR count). The van der Waals surface area contributed by atoms with E-state index >= 15 is 0 Å². The molecule has 2 amide bonds. The van der Waals surface area contributed by atoms with Crippen molar-refractivity contribution < 1.29 is 14.7 Å². The van der Waals surface area contributed by atoms with Crippen LogP contribution in [0.25, 0.3) is 5.65 Å². The zero-order valence-electron chi connectivity index (χ0n) is 12.3. The van der Waals surface area contributed by atoms with Crippen LogP contribution >= 0.6 is 0 Å². The Morgan fingerprint density at radius 3 is 2.55 bits per heavy atom. The monoisotopic (exact) mass is 309 g/mol. The van der Waals surface area contributed by atoms with E-state index in [0.29, 0.717) is 0 Å². The SMILES string of the molecule is CN(CCN(C)C(=O)c1ncn2c(=O)n(C)nnc12)C(=O)O. The molecule has 0 unspecified atom stereocenters. The van der Waals surface area contributed by atoms with Gasteiger partial charge in [0.25, 0.3) is 5.91 Å². The number of fused-ring (bicyclic) bond motifs is 1. The lowest BCUT2D eigenvalue weighted by Gasteiger charge is -2.19. The van der Waals surface area contributed by atoms with E-state index in [-0.39, 0.29) is 24.4 Å². The standard InChI is InChI=1S/C11H15N7O4/c1-15(4-5-16(2)11(21)22)9(19)7-8-13-14-17(3)10(20)18(8)6-12-7/h6H,4-5H2,1-3H3,(H,21,22). The van der Waals surface area contributed by atoms with Crippen LogP contribution in [0.2, 0.25) is 0 Å². The van der Waals surface area contributed by atoms with Crippen LogP contribution in [0.15, 0.2) is 11.1 Å². The number of carbonyl (C=O) groups is 2. The molecule has 0 spiro atoms. The van der Waals surface area contributed by atoms with Gasteiger partial charge in [0.1, 0.15) is 6.33 Å². The number of rotatable bonds is 4. The summed E-state index contributed by atoms with van der Waals surface area (Å²) in [6.07, 6.45) is 0.124. The van der Waals surface area contributed by atoms with Crippen molar-refractivity contribution in [3.05, 3.63) is 22.5 Å². The maximum Gasteiger partial charge on any atom is 0.407 e. The van der Waals surface area contributed by atoms with E-state index < -0.39 is 17.7 Å². The van der Waals surface area contributed by atoms with Gasteiger partial charge in [-0.2, -0.15) is 4.68 Å². The molecule has 1 N–H and O–H groups in total. The summed E-state index contributed by atoms with van der Waals surface area (Å²) in [6, 6.07) is 0. The van der Waals surface area contributed by atoms with E-state index in [1.165, 1.54) is 32.4 Å². The number of likely N-dealkylation sites (N-methyl/N-ethyl adjacent to an activating group) is 2. The van der Waals surface area contributed by atoms with Crippen LogP contribution in [-0.4, -0.2) is 78.5 Å². The minimum absolute atomic E-state index is 0.00863. The number of nitrogens with zero attached hydrogens (tertiary/aromatic N) is 7. The Kier molecular flexibility index (Phi) is 4.06. The lowest BCUT2D eigenvalue weighted by Crippen LogP contribution is -2.37. The Hall–Kier alpha value is -2.98. The predicted molar refractivity (Wildman–Crippen MR) is 73.6 cm³/mol. The van der Waals surface area contributed by atoms with Crippen LogP contribution in [0.3, 0.4) is 0 Å². The maximum absolute atomic E-state index is 12.3. The topological polar surface area (TPSA) is 126 Å². The summed E-state index contributed by atoms with van der Waals surface area (Å²) in [7, 11) is 4.35. The van der Waals surface area contributed by atoms with Crippen LogP contribution < -0.4 is 5.69 Å². The maximum atomic E-state index is 12.3. The zero-order chi connectivity index (χ0) is 16.4. The molecule has 0 radical (unpaired) electrons. The Balaban J connectivity index is 2.21. The fraction of sp³-hybridized carbons (Fsp3) is 0.455. The van der Waals surface area contributed by atoms with E-state index in [9.17, 15) is 14.4 Å². The summed E-state index contributed by atoms with van der Waals surface area (Å²) in [5.74, 6) is -0.469. The van der Waals surface area contributed by atoms with Gasteiger partial charge in [-0.15, -0.1) is 5.10 Å². The summed E-state index contributed by atoms with van der Waals surface area (Å²) in [5.41, 5.74) is -0.415. The molecule has 0 bridgehead atoms. The van der Waals surface area contributed by atoms with Gasteiger partial charge in [0.2, 0.25) is 0 Å². The van der Waals surface area contributed by atoms with Gasteiger partial charge in [-0.1, -0.05) is 5.21 Å². The normalized spacial score (nSPS) is 10.7. The molecule has 0 aliphatic rings. The van der Waals surface area contributed by atoms with Crippen molar-refractivity contribution in [1.82, 2.24) is 34.2 Å². The molecule has 0 fully saturated rings. The first kappa shape index (κ1) is 15.4. The third kappa shape index (κ3) is 2.73. The van der Waals surface area contributed by atoms with Gasteiger partial charge in [0.05, 0.1) is 0 Å². The lowest BCUT2D eigenvalue weighted by molar-refractivity contribution is 0.0774. The highest BCUT2D eigenvalue weighted by Crippen LogP contribution is 2.06. The number of carboxylic acid groups (broad SMARTS) is 1. The van der Waals surface area contributed by atoms with Gasteiger partial charge in [-0.3, -0.25) is 4.79 Å². The van der Waals surface area contributed by atoms with E-state index in [4.69, 9.17) is 5.11 Å². The number of carbonyl (C=O) groups excluding carboxylic acids is 1. The highest BCUT2D eigenvalue weighted by molar-refractivity contribution is 5.97. The third-order valence-electron chi connectivity index (χ3n) is 3.15. The predicted octanol–water partition coefficient (Wildman–Crippen LogP) is -1.50. The van der Waals surface area contributed by atoms with Crippen molar-refractivity contribution in [3.63, 3.8) is 0 Å². The highest BCUT2D eigenvalue weighted by atomic mass is 16.4. The molecular weight excluding hydrogens is 294 g/mol. The number of aromatic nitrogens is 5. The number of aryl methyl sites for hydroxylation is 1. The van der Waals surface area contributed by atoms with Crippen LogP contribution in [0, 0.1) is 0 Å². The summed E-state index contributed by atoms with van der Waals surface area (Å²) < 4.78 is 2.14. The number of hydrogen-bond acceptors (Lipinski definition) is 6. The van der Waals surface area contributed by atoms with Crippen molar-refractivity contribution in [1.29, 1.82) is 0 Å². The number of amides is 2. The van der Waals surface area contributed by atoms with Gasteiger partial charge in [0, 0.05) is 34.2 Å². The molecule has 2 aromatic rings. The molecule has 2 heterocycles. The molecule has 0 aromatic carbocycles. The fourth-order valence-electron chi connectivity index (χ4n) is 1.71. The van der Waals surface area contributed by atoms with E-state index in [0.717, 1.165) is 14.0 Å². The first-order valence-electron chi connectivity index (χ1n) is 6.29. The lowest BCUT2D eigenvalue weighted by atomic mass is 10.3. The molecule has 0 saturated carbocycles. The molecule has 11 heteroatoms. The molecule has 22 heavy (non-hydrogen) atoms. The van der Waals surface area contributed by atoms with Gasteiger partial charge in [-0.25, -0.2) is 19.0 Å². The second-order valence-electron chi connectivity index (χ2n) is 4.71. The molecular formula is C11H15N7O4. The van der Waals surface area contributed by atoms with Crippen molar-refractivity contribution in [3.8, 4) is 0 Å². The van der Waals surface area contributed by atoms with Gasteiger partial charge in [-0.05, 0) is 0 Å². The second-order valence-corrected chi connectivity index (χ2v) is 4.71. The van der Waals surface area contributed by atoms with E-state index in [1.807, 2.05) is 0 Å². The summed E-state index contributed by atoms with van der Waals surface area (Å²) in [5, 5.41) is 16.2. The van der Waals surface area contributed by atoms with E-state index in [1.54, 1.807) is 0 Å². The number of hydrogen-bond donors (Lipinski definition) is 1. The average Bonchev–Trinajstić information content (AvgIpc) is 2.91. The fourth-order valence-corrected chi connectivity index (χ4v) is 1.71. The van der Waals surface area contributed by atoms with Gasteiger partial charge in [0.15, 0.2) is 11.3 Å². The van der Waals surface area contributed by atoms with Crippen molar-refractivity contribution in [2.24, 2.45) is 7.05 Å². The Bertz CT molecular complexity index is 780. The molecule has 118 valence electrons. The summed E-state index contributed by atoms with van der Waals surface area (Å²) >= 11 is 0.